The van der Waals surface area contributed by atoms with Crippen molar-refractivity contribution in [1.29, 1.82) is 0 Å². The fourth-order valence-electron chi connectivity index (χ4n) is 8.72. The summed E-state index contributed by atoms with van der Waals surface area (Å²) in [6.45, 7) is 2.26. The second-order valence-corrected chi connectivity index (χ2v) is 16.4. The highest BCUT2D eigenvalue weighted by Gasteiger charge is 2.24. The topological polar surface area (TPSA) is 86.8 Å². The average molecular weight is 815 g/mol. The number of aliphatic hydroxyl groups excluding tert-OH is 1. The molecule has 310 valence electrons. The van der Waals surface area contributed by atoms with Gasteiger partial charge in [0.05, 0.1) is 28.3 Å². The fraction of sp³-hybridized carbons (Fsp3) is 0.214. The lowest BCUT2D eigenvalue weighted by molar-refractivity contribution is -0.0246. The number of aromatic nitrogens is 4. The molecule has 0 amide bonds. The highest BCUT2D eigenvalue weighted by molar-refractivity contribution is 6.10. The Morgan fingerprint density at radius 2 is 1.06 bits per heavy atom. The molecule has 4 aromatic carbocycles. The Hall–Kier alpha value is -6.76. The van der Waals surface area contributed by atoms with Gasteiger partial charge in [-0.05, 0) is 89.4 Å². The molecule has 0 radical (unpaired) electrons. The summed E-state index contributed by atoms with van der Waals surface area (Å²) in [5, 5.41) is 10.9. The molecule has 2 aliphatic heterocycles. The standard InChI is InChI=1S/C56H54N4O2/c1-2-3-4-5-6-7-8-9-19-26-51(61)62-48-33-27-42(28-34-48)52-50-38-46-32-31-44(58-46)35-43-29-30-45(57-43)36-47-37-49(39-20-13-10-14-21-39)55(59-47)54(41-24-17-12-18-25-41)56(60-50)53(52)40-22-15-11-16-23-40/h10-18,20-25,27-38,51,57,60-61H,2-9,19,26H2,1H3. The molecule has 0 aliphatic carbocycles. The highest BCUT2D eigenvalue weighted by Crippen LogP contribution is 2.46. The lowest BCUT2D eigenvalue weighted by atomic mass is 9.91. The molecule has 62 heavy (non-hydrogen) atoms. The average Bonchev–Trinajstić information content (AvgIpc) is 4.12. The van der Waals surface area contributed by atoms with E-state index in [9.17, 15) is 5.11 Å². The lowest BCUT2D eigenvalue weighted by Crippen LogP contribution is -2.15. The maximum Gasteiger partial charge on any atom is 0.197 e. The van der Waals surface area contributed by atoms with Gasteiger partial charge in [0.15, 0.2) is 6.29 Å². The van der Waals surface area contributed by atoms with Crippen LogP contribution in [0, 0.1) is 0 Å². The van der Waals surface area contributed by atoms with Gasteiger partial charge in [0.1, 0.15) is 5.75 Å². The van der Waals surface area contributed by atoms with Crippen LogP contribution in [0.5, 0.6) is 5.75 Å². The molecule has 2 aliphatic rings. The molecular weight excluding hydrogens is 761 g/mol. The van der Waals surface area contributed by atoms with Crippen molar-refractivity contribution in [3.8, 4) is 39.1 Å². The largest absolute Gasteiger partial charge is 0.465 e. The van der Waals surface area contributed by atoms with Crippen molar-refractivity contribution < 1.29 is 9.84 Å². The molecular formula is C56H54N4O2. The smallest absolute Gasteiger partial charge is 0.197 e. The van der Waals surface area contributed by atoms with Crippen molar-refractivity contribution in [1.82, 2.24) is 19.9 Å². The van der Waals surface area contributed by atoms with E-state index < -0.39 is 6.29 Å². The predicted octanol–water partition coefficient (Wildman–Crippen LogP) is 14.7. The van der Waals surface area contributed by atoms with Crippen molar-refractivity contribution >= 4 is 45.9 Å². The zero-order valence-corrected chi connectivity index (χ0v) is 35.5. The molecule has 3 N–H and O–H groups in total. The van der Waals surface area contributed by atoms with E-state index in [2.05, 4.69) is 169 Å². The van der Waals surface area contributed by atoms with Gasteiger partial charge in [0, 0.05) is 45.2 Å². The minimum absolute atomic E-state index is 0.616. The molecule has 6 heteroatoms. The molecule has 1 atom stereocenters. The second-order valence-electron chi connectivity index (χ2n) is 16.4. The van der Waals surface area contributed by atoms with Crippen LogP contribution in [-0.4, -0.2) is 31.3 Å². The Labute approximate surface area is 364 Å². The fourth-order valence-corrected chi connectivity index (χ4v) is 8.72. The first-order chi connectivity index (χ1) is 30.6. The summed E-state index contributed by atoms with van der Waals surface area (Å²) in [5.74, 6) is 0.643. The van der Waals surface area contributed by atoms with Gasteiger partial charge in [-0.25, -0.2) is 9.97 Å². The van der Waals surface area contributed by atoms with Crippen LogP contribution in [0.1, 0.15) is 99.5 Å². The normalized spacial score (nSPS) is 12.6. The molecule has 0 fully saturated rings. The number of hydrogen-bond donors (Lipinski definition) is 3. The SMILES string of the molecule is CCCCCCCCCCCC(O)Oc1ccc(-c2c(-c3ccccc3)c3[nH]c2cc2nc(cc4ccc(cc5nc(c3-c3ccccc3)C(c3ccccc3)=C5)[nH]4)C=C2)cc1. The molecule has 0 saturated carbocycles. The number of aromatic amines is 2. The second kappa shape index (κ2) is 19.3. The van der Waals surface area contributed by atoms with Gasteiger partial charge in [-0.1, -0.05) is 161 Å². The van der Waals surface area contributed by atoms with Crippen LogP contribution in [0.3, 0.4) is 0 Å². The van der Waals surface area contributed by atoms with Gasteiger partial charge in [-0.3, -0.25) is 0 Å². The molecule has 0 saturated heterocycles. The minimum atomic E-state index is -0.850. The number of fused-ring (bicyclic) bond motifs is 8. The van der Waals surface area contributed by atoms with Gasteiger partial charge in [-0.2, -0.15) is 0 Å². The van der Waals surface area contributed by atoms with Crippen molar-refractivity contribution in [2.24, 2.45) is 0 Å². The van der Waals surface area contributed by atoms with Gasteiger partial charge in [0.25, 0.3) is 0 Å². The van der Waals surface area contributed by atoms with E-state index in [-0.39, 0.29) is 0 Å². The van der Waals surface area contributed by atoms with E-state index in [1.807, 2.05) is 12.1 Å². The zero-order valence-electron chi connectivity index (χ0n) is 35.5. The van der Waals surface area contributed by atoms with Crippen LogP contribution in [0.25, 0.3) is 79.2 Å². The van der Waals surface area contributed by atoms with Crippen LogP contribution in [0.15, 0.2) is 146 Å². The monoisotopic (exact) mass is 814 g/mol. The zero-order chi connectivity index (χ0) is 42.1. The van der Waals surface area contributed by atoms with Gasteiger partial charge >= 0.3 is 0 Å². The lowest BCUT2D eigenvalue weighted by Gasteiger charge is -2.14. The van der Waals surface area contributed by atoms with E-state index in [0.29, 0.717) is 12.2 Å². The third-order valence-electron chi connectivity index (χ3n) is 11.8. The van der Waals surface area contributed by atoms with Crippen molar-refractivity contribution in [3.63, 3.8) is 0 Å². The van der Waals surface area contributed by atoms with Crippen molar-refractivity contribution in [3.05, 3.63) is 174 Å². The number of rotatable bonds is 16. The Morgan fingerprint density at radius 3 is 1.71 bits per heavy atom. The van der Waals surface area contributed by atoms with E-state index in [0.717, 1.165) is 102 Å². The van der Waals surface area contributed by atoms with Gasteiger partial charge in [0.2, 0.25) is 0 Å². The number of nitrogens with one attached hydrogen (secondary N) is 2. The number of unbranched alkanes of at least 4 members (excludes halogenated alkanes) is 8. The van der Waals surface area contributed by atoms with E-state index in [1.165, 1.54) is 44.9 Å². The van der Waals surface area contributed by atoms with E-state index >= 15 is 0 Å². The van der Waals surface area contributed by atoms with Gasteiger partial charge < -0.3 is 19.8 Å². The summed E-state index contributed by atoms with van der Waals surface area (Å²) in [5.41, 5.74) is 15.6. The summed E-state index contributed by atoms with van der Waals surface area (Å²) in [6.07, 6.45) is 17.2. The quantitative estimate of drug-likeness (QED) is 0.0670. The highest BCUT2D eigenvalue weighted by atomic mass is 16.6. The van der Waals surface area contributed by atoms with Crippen molar-refractivity contribution in [2.75, 3.05) is 0 Å². The van der Waals surface area contributed by atoms with Gasteiger partial charge in [-0.15, -0.1) is 0 Å². The van der Waals surface area contributed by atoms with E-state index in [4.69, 9.17) is 14.7 Å². The number of hydrogen-bond acceptors (Lipinski definition) is 4. The third kappa shape index (κ3) is 9.41. The molecule has 6 nitrogen and oxygen atoms in total. The first-order valence-electron chi connectivity index (χ1n) is 22.4. The molecule has 5 heterocycles. The van der Waals surface area contributed by atoms with Crippen LogP contribution < -0.4 is 4.74 Å². The third-order valence-corrected chi connectivity index (χ3v) is 11.8. The number of aliphatic hydroxyl groups is 1. The van der Waals surface area contributed by atoms with Crippen LogP contribution in [-0.2, 0) is 0 Å². The van der Waals surface area contributed by atoms with Crippen LogP contribution >= 0.6 is 0 Å². The summed E-state index contributed by atoms with van der Waals surface area (Å²) in [6, 6.07) is 50.4. The molecule has 1 unspecified atom stereocenters. The Morgan fingerprint density at radius 1 is 0.516 bits per heavy atom. The maximum absolute atomic E-state index is 10.9. The molecule has 9 rings (SSSR count). The number of ether oxygens (including phenoxy) is 1. The Balaban J connectivity index is 1.20. The van der Waals surface area contributed by atoms with E-state index in [1.54, 1.807) is 0 Å². The number of benzene rings is 4. The molecule has 8 bridgehead atoms. The maximum atomic E-state index is 10.9. The first kappa shape index (κ1) is 40.6. The Bertz CT molecular complexity index is 2840. The first-order valence-corrected chi connectivity index (χ1v) is 22.4. The number of H-pyrrole nitrogens is 2. The summed E-state index contributed by atoms with van der Waals surface area (Å²) >= 11 is 0. The minimum Gasteiger partial charge on any atom is -0.465 e. The summed E-state index contributed by atoms with van der Waals surface area (Å²) in [4.78, 5) is 18.1. The van der Waals surface area contributed by atoms with Crippen LogP contribution in [0.2, 0.25) is 0 Å². The van der Waals surface area contributed by atoms with Crippen LogP contribution in [0.4, 0.5) is 0 Å². The summed E-state index contributed by atoms with van der Waals surface area (Å²) in [7, 11) is 0. The molecule has 7 aromatic rings. The Kier molecular flexibility index (Phi) is 12.7. The van der Waals surface area contributed by atoms with Crippen molar-refractivity contribution in [2.45, 2.75) is 77.4 Å². The molecule has 3 aromatic heterocycles. The number of nitrogens with zero attached hydrogens (tertiary/aromatic N) is 2. The molecule has 0 spiro atoms. The predicted molar refractivity (Wildman–Crippen MR) is 258 cm³/mol. The summed E-state index contributed by atoms with van der Waals surface area (Å²) < 4.78 is 6.09.